The Kier molecular flexibility index (Phi) is 5.87. The zero-order valence-electron chi connectivity index (χ0n) is 14.1. The molecule has 1 saturated heterocycles. The largest absolute Gasteiger partial charge is 0.493 e. The van der Waals surface area contributed by atoms with E-state index < -0.39 is 0 Å². The van der Waals surface area contributed by atoms with Crippen LogP contribution < -0.4 is 10.1 Å². The van der Waals surface area contributed by atoms with Crippen molar-refractivity contribution in [2.75, 3.05) is 26.2 Å². The molecule has 0 unspecified atom stereocenters. The molecule has 0 spiro atoms. The molecule has 7 heteroatoms. The van der Waals surface area contributed by atoms with E-state index in [0.717, 1.165) is 19.4 Å². The number of imidazole rings is 1. The molecule has 1 fully saturated rings. The van der Waals surface area contributed by atoms with Gasteiger partial charge in [-0.2, -0.15) is 0 Å². The van der Waals surface area contributed by atoms with Gasteiger partial charge >= 0.3 is 6.03 Å². The lowest BCUT2D eigenvalue weighted by molar-refractivity contribution is 0.137. The molecule has 134 valence electrons. The number of amides is 2. The standard InChI is InChI=1S/C18H23FN4O2/c19-16-3-5-17(6-4-16)25-13-15-2-1-9-23(12-15)18(24)21-8-11-22-10-7-20-14-22/h3-7,10,14-15H,1-2,8-9,11-13H2,(H,21,24)/t15-/m0/s1. The van der Waals surface area contributed by atoms with Crippen molar-refractivity contribution in [1.29, 1.82) is 0 Å². The molecule has 0 bridgehead atoms. The van der Waals surface area contributed by atoms with Gasteiger partial charge in [-0.05, 0) is 37.1 Å². The summed E-state index contributed by atoms with van der Waals surface area (Å²) >= 11 is 0. The van der Waals surface area contributed by atoms with E-state index in [9.17, 15) is 9.18 Å². The molecule has 1 N–H and O–H groups in total. The molecule has 0 radical (unpaired) electrons. The lowest BCUT2D eigenvalue weighted by Gasteiger charge is -2.32. The molecule has 1 aromatic carbocycles. The molecular formula is C18H23FN4O2. The predicted molar refractivity (Wildman–Crippen MR) is 91.8 cm³/mol. The van der Waals surface area contributed by atoms with Gasteiger partial charge in [0.2, 0.25) is 0 Å². The average Bonchev–Trinajstić information content (AvgIpc) is 3.15. The van der Waals surface area contributed by atoms with Crippen LogP contribution in [-0.4, -0.2) is 46.7 Å². The zero-order valence-corrected chi connectivity index (χ0v) is 14.1. The van der Waals surface area contributed by atoms with Gasteiger partial charge in [-0.15, -0.1) is 0 Å². The summed E-state index contributed by atoms with van der Waals surface area (Å²) in [5, 5.41) is 2.95. The van der Waals surface area contributed by atoms with Gasteiger partial charge < -0.3 is 19.5 Å². The van der Waals surface area contributed by atoms with Crippen molar-refractivity contribution in [3.63, 3.8) is 0 Å². The molecule has 1 aliphatic rings. The molecule has 25 heavy (non-hydrogen) atoms. The molecule has 0 saturated carbocycles. The number of carbonyl (C=O) groups is 1. The number of carbonyl (C=O) groups excluding carboxylic acids is 1. The number of nitrogens with zero attached hydrogens (tertiary/aromatic N) is 3. The quantitative estimate of drug-likeness (QED) is 0.874. The molecule has 2 aromatic rings. The van der Waals surface area contributed by atoms with E-state index in [1.807, 2.05) is 15.7 Å². The first-order chi connectivity index (χ1) is 12.2. The minimum atomic E-state index is -0.274. The molecule has 1 aromatic heterocycles. The molecule has 1 aliphatic heterocycles. The smallest absolute Gasteiger partial charge is 0.317 e. The number of benzene rings is 1. The van der Waals surface area contributed by atoms with E-state index in [4.69, 9.17) is 4.74 Å². The van der Waals surface area contributed by atoms with Gasteiger partial charge in [-0.1, -0.05) is 0 Å². The number of aromatic nitrogens is 2. The summed E-state index contributed by atoms with van der Waals surface area (Å²) in [4.78, 5) is 18.1. The lowest BCUT2D eigenvalue weighted by Crippen LogP contribution is -2.47. The molecule has 6 nitrogen and oxygen atoms in total. The second-order valence-electron chi connectivity index (χ2n) is 6.25. The van der Waals surface area contributed by atoms with E-state index in [1.165, 1.54) is 12.1 Å². The first kappa shape index (κ1) is 17.3. The lowest BCUT2D eigenvalue weighted by atomic mass is 9.99. The number of nitrogens with one attached hydrogen (secondary N) is 1. The highest BCUT2D eigenvalue weighted by Gasteiger charge is 2.23. The van der Waals surface area contributed by atoms with Crippen LogP contribution in [0.15, 0.2) is 43.0 Å². The number of hydrogen-bond acceptors (Lipinski definition) is 3. The molecule has 1 atom stereocenters. The maximum absolute atomic E-state index is 12.9. The topological polar surface area (TPSA) is 59.4 Å². The van der Waals surface area contributed by atoms with E-state index in [-0.39, 0.29) is 11.8 Å². The minimum absolute atomic E-state index is 0.0356. The Labute approximate surface area is 146 Å². The van der Waals surface area contributed by atoms with E-state index in [1.54, 1.807) is 24.7 Å². The summed E-state index contributed by atoms with van der Waals surface area (Å²) in [6.07, 6.45) is 7.32. The highest BCUT2D eigenvalue weighted by Crippen LogP contribution is 2.19. The number of likely N-dealkylation sites (tertiary alicyclic amines) is 1. The van der Waals surface area contributed by atoms with Crippen LogP contribution in [0.2, 0.25) is 0 Å². The number of halogens is 1. The zero-order chi connectivity index (χ0) is 17.5. The summed E-state index contributed by atoms with van der Waals surface area (Å²) in [6, 6.07) is 5.98. The first-order valence-corrected chi connectivity index (χ1v) is 8.57. The Morgan fingerprint density at radius 2 is 2.20 bits per heavy atom. The fraction of sp³-hybridized carbons (Fsp3) is 0.444. The van der Waals surface area contributed by atoms with Crippen molar-refractivity contribution >= 4 is 6.03 Å². The normalized spacial score (nSPS) is 17.3. The van der Waals surface area contributed by atoms with Gasteiger partial charge in [-0.25, -0.2) is 14.2 Å². The summed E-state index contributed by atoms with van der Waals surface area (Å²) in [7, 11) is 0. The minimum Gasteiger partial charge on any atom is -0.493 e. The van der Waals surface area contributed by atoms with Crippen LogP contribution in [0.4, 0.5) is 9.18 Å². The van der Waals surface area contributed by atoms with Gasteiger partial charge in [0.05, 0.1) is 12.9 Å². The van der Waals surface area contributed by atoms with Crippen molar-refractivity contribution < 1.29 is 13.9 Å². The summed E-state index contributed by atoms with van der Waals surface area (Å²) < 4.78 is 20.6. The molecule has 0 aliphatic carbocycles. The van der Waals surface area contributed by atoms with Crippen LogP contribution in [0, 0.1) is 11.7 Å². The van der Waals surface area contributed by atoms with Crippen molar-refractivity contribution in [3.8, 4) is 5.75 Å². The van der Waals surface area contributed by atoms with Crippen LogP contribution in [0.3, 0.4) is 0 Å². The van der Waals surface area contributed by atoms with Crippen molar-refractivity contribution in [2.24, 2.45) is 5.92 Å². The van der Waals surface area contributed by atoms with Gasteiger partial charge in [-0.3, -0.25) is 0 Å². The maximum Gasteiger partial charge on any atom is 0.317 e. The molecule has 2 amide bonds. The van der Waals surface area contributed by atoms with Gasteiger partial charge in [0, 0.05) is 44.5 Å². The molecule has 3 rings (SSSR count). The van der Waals surface area contributed by atoms with Crippen molar-refractivity contribution in [1.82, 2.24) is 19.8 Å². The van der Waals surface area contributed by atoms with Crippen LogP contribution in [0.1, 0.15) is 12.8 Å². The Bertz CT molecular complexity index is 660. The van der Waals surface area contributed by atoms with Crippen molar-refractivity contribution in [2.45, 2.75) is 19.4 Å². The number of rotatable bonds is 6. The second-order valence-corrected chi connectivity index (χ2v) is 6.25. The average molecular weight is 346 g/mol. The predicted octanol–water partition coefficient (Wildman–Crippen LogP) is 2.52. The Morgan fingerprint density at radius 3 is 2.96 bits per heavy atom. The second kappa shape index (κ2) is 8.50. The van der Waals surface area contributed by atoms with Gasteiger partial charge in [0.15, 0.2) is 0 Å². The number of urea groups is 1. The summed E-state index contributed by atoms with van der Waals surface area (Å²) in [6.45, 7) is 3.26. The van der Waals surface area contributed by atoms with E-state index >= 15 is 0 Å². The van der Waals surface area contributed by atoms with Crippen LogP contribution in [0.5, 0.6) is 5.75 Å². The van der Waals surface area contributed by atoms with E-state index in [2.05, 4.69) is 10.3 Å². The molecular weight excluding hydrogens is 323 g/mol. The highest BCUT2D eigenvalue weighted by atomic mass is 19.1. The number of ether oxygens (including phenoxy) is 1. The first-order valence-electron chi connectivity index (χ1n) is 8.57. The summed E-state index contributed by atoms with van der Waals surface area (Å²) in [5.74, 6) is 0.671. The number of piperidine rings is 1. The Balaban J connectivity index is 1.40. The Morgan fingerprint density at radius 1 is 1.36 bits per heavy atom. The third-order valence-electron chi connectivity index (χ3n) is 4.31. The Hall–Kier alpha value is -2.57. The third-order valence-corrected chi connectivity index (χ3v) is 4.31. The monoisotopic (exact) mass is 346 g/mol. The van der Waals surface area contributed by atoms with Crippen LogP contribution in [-0.2, 0) is 6.54 Å². The summed E-state index contributed by atoms with van der Waals surface area (Å²) in [5.41, 5.74) is 0. The maximum atomic E-state index is 12.9. The van der Waals surface area contributed by atoms with E-state index in [0.29, 0.717) is 37.9 Å². The fourth-order valence-electron chi connectivity index (χ4n) is 2.95. The van der Waals surface area contributed by atoms with Crippen LogP contribution in [0.25, 0.3) is 0 Å². The SMILES string of the molecule is O=C(NCCn1ccnc1)N1CCC[C@H](COc2ccc(F)cc2)C1. The fourth-order valence-corrected chi connectivity index (χ4v) is 2.95. The highest BCUT2D eigenvalue weighted by molar-refractivity contribution is 5.74. The van der Waals surface area contributed by atoms with Crippen LogP contribution >= 0.6 is 0 Å². The van der Waals surface area contributed by atoms with Crippen molar-refractivity contribution in [3.05, 3.63) is 48.8 Å². The van der Waals surface area contributed by atoms with Gasteiger partial charge in [0.25, 0.3) is 0 Å². The van der Waals surface area contributed by atoms with Gasteiger partial charge in [0.1, 0.15) is 11.6 Å². The molecule has 2 heterocycles. The number of hydrogen-bond donors (Lipinski definition) is 1. The third kappa shape index (κ3) is 5.20.